The van der Waals surface area contributed by atoms with E-state index in [2.05, 4.69) is 15.4 Å². The van der Waals surface area contributed by atoms with E-state index in [4.69, 9.17) is 22.1 Å². The number of nitrogens with zero attached hydrogens (tertiary/aromatic N) is 3. The van der Waals surface area contributed by atoms with Crippen LogP contribution in [-0.2, 0) is 10.1 Å². The van der Waals surface area contributed by atoms with E-state index >= 15 is 0 Å². The number of anilines is 1. The number of carbonyl (C=O) groups is 3. The Bertz CT molecular complexity index is 1250. The minimum Gasteiger partial charge on any atom is -0.459 e. The second kappa shape index (κ2) is 8.43. The van der Waals surface area contributed by atoms with Crippen LogP contribution in [-0.4, -0.2) is 38.5 Å². The zero-order valence-electron chi connectivity index (χ0n) is 17.3. The van der Waals surface area contributed by atoms with Crippen molar-refractivity contribution in [3.63, 3.8) is 0 Å². The third-order valence-corrected chi connectivity index (χ3v) is 5.64. The van der Waals surface area contributed by atoms with Crippen molar-refractivity contribution in [2.75, 3.05) is 5.32 Å². The molecule has 0 spiro atoms. The van der Waals surface area contributed by atoms with Gasteiger partial charge in [-0.2, -0.15) is 13.9 Å². The lowest BCUT2D eigenvalue weighted by Gasteiger charge is -2.10. The minimum absolute atomic E-state index is 0.0102. The van der Waals surface area contributed by atoms with Crippen molar-refractivity contribution in [2.45, 2.75) is 39.2 Å². The molecule has 0 aliphatic heterocycles. The molecule has 13 heteroatoms. The molecule has 0 aromatic carbocycles. The van der Waals surface area contributed by atoms with Gasteiger partial charge in [0.2, 0.25) is 0 Å². The summed E-state index contributed by atoms with van der Waals surface area (Å²) in [5.41, 5.74) is 4.88. The number of nitrogens with two attached hydrogens (primary N) is 1. The molecule has 32 heavy (non-hydrogen) atoms. The quantitative estimate of drug-likeness (QED) is 0.405. The van der Waals surface area contributed by atoms with Gasteiger partial charge < -0.3 is 15.8 Å². The summed E-state index contributed by atoms with van der Waals surface area (Å²) in [5, 5.41) is 2.62. The summed E-state index contributed by atoms with van der Waals surface area (Å²) in [6, 6.07) is 2.24. The zero-order chi connectivity index (χ0) is 24.0. The Morgan fingerprint density at radius 1 is 1.28 bits per heavy atom. The lowest BCUT2D eigenvalue weighted by molar-refractivity contribution is 0.0379. The van der Waals surface area contributed by atoms with Crippen molar-refractivity contribution in [2.24, 2.45) is 5.73 Å². The highest BCUT2D eigenvalue weighted by molar-refractivity contribution is 7.18. The molecule has 170 valence electrons. The number of thiophene rings is 1. The van der Waals surface area contributed by atoms with Crippen LogP contribution in [0.3, 0.4) is 0 Å². The SMILES string of the molecule is Cc1cc(C(F)(F)Cl)n2nc(C(=O)Nc3sc(C(N)=O)c(C)c3C(=O)OC(C)C)cc2n1. The lowest BCUT2D eigenvalue weighted by Crippen LogP contribution is -2.18. The van der Waals surface area contributed by atoms with Gasteiger partial charge in [-0.3, -0.25) is 9.59 Å². The highest BCUT2D eigenvalue weighted by Gasteiger charge is 2.33. The summed E-state index contributed by atoms with van der Waals surface area (Å²) >= 11 is 5.95. The van der Waals surface area contributed by atoms with E-state index in [0.717, 1.165) is 21.9 Å². The van der Waals surface area contributed by atoms with Gasteiger partial charge >= 0.3 is 11.4 Å². The third-order valence-electron chi connectivity index (χ3n) is 4.22. The Hall–Kier alpha value is -3.12. The summed E-state index contributed by atoms with van der Waals surface area (Å²) in [5.74, 6) is -2.37. The lowest BCUT2D eigenvalue weighted by atomic mass is 10.1. The van der Waals surface area contributed by atoms with Crippen molar-refractivity contribution in [1.82, 2.24) is 14.6 Å². The fraction of sp³-hybridized carbons (Fsp3) is 0.316. The largest absolute Gasteiger partial charge is 0.459 e. The first-order valence-electron chi connectivity index (χ1n) is 9.19. The molecular formula is C19H18ClF2N5O4S. The molecule has 0 unspecified atom stereocenters. The first-order chi connectivity index (χ1) is 14.8. The van der Waals surface area contributed by atoms with Crippen LogP contribution in [0, 0.1) is 13.8 Å². The van der Waals surface area contributed by atoms with Crippen LogP contribution in [0.25, 0.3) is 5.65 Å². The van der Waals surface area contributed by atoms with Crippen molar-refractivity contribution >= 4 is 51.4 Å². The van der Waals surface area contributed by atoms with E-state index in [1.165, 1.54) is 19.9 Å². The zero-order valence-corrected chi connectivity index (χ0v) is 18.9. The summed E-state index contributed by atoms with van der Waals surface area (Å²) in [7, 11) is 0. The normalized spacial score (nSPS) is 11.8. The van der Waals surface area contributed by atoms with E-state index in [1.54, 1.807) is 13.8 Å². The number of amides is 2. The number of carbonyl (C=O) groups excluding carboxylic acids is 3. The Labute approximate surface area is 189 Å². The second-order valence-corrected chi connectivity index (χ2v) is 8.61. The van der Waals surface area contributed by atoms with Gasteiger partial charge in [0, 0.05) is 11.8 Å². The molecule has 0 atom stereocenters. The second-order valence-electron chi connectivity index (χ2n) is 7.11. The Morgan fingerprint density at radius 3 is 2.50 bits per heavy atom. The van der Waals surface area contributed by atoms with Crippen LogP contribution < -0.4 is 11.1 Å². The number of primary amides is 1. The fourth-order valence-corrected chi connectivity index (χ4v) is 4.11. The molecule has 0 saturated heterocycles. The molecule has 0 radical (unpaired) electrons. The number of ether oxygens (including phenoxy) is 1. The van der Waals surface area contributed by atoms with Crippen LogP contribution in [0.15, 0.2) is 12.1 Å². The van der Waals surface area contributed by atoms with Crippen molar-refractivity contribution in [3.8, 4) is 0 Å². The number of aryl methyl sites for hydroxylation is 1. The molecule has 3 N–H and O–H groups in total. The van der Waals surface area contributed by atoms with Crippen LogP contribution in [0.5, 0.6) is 0 Å². The molecule has 2 amide bonds. The van der Waals surface area contributed by atoms with E-state index < -0.39 is 35.0 Å². The molecule has 0 saturated carbocycles. The molecule has 0 fully saturated rings. The molecule has 0 aliphatic carbocycles. The molecular weight excluding hydrogens is 468 g/mol. The Morgan fingerprint density at radius 2 is 1.94 bits per heavy atom. The van der Waals surface area contributed by atoms with E-state index in [0.29, 0.717) is 0 Å². The van der Waals surface area contributed by atoms with Gasteiger partial charge in [-0.15, -0.1) is 11.3 Å². The number of alkyl halides is 3. The molecule has 0 bridgehead atoms. The average molecular weight is 486 g/mol. The number of rotatable bonds is 6. The molecule has 3 aromatic heterocycles. The highest BCUT2D eigenvalue weighted by Crippen LogP contribution is 2.35. The molecule has 3 rings (SSSR count). The van der Waals surface area contributed by atoms with Crippen molar-refractivity contribution in [3.05, 3.63) is 45.2 Å². The van der Waals surface area contributed by atoms with Gasteiger partial charge in [-0.25, -0.2) is 14.3 Å². The van der Waals surface area contributed by atoms with Gasteiger partial charge in [0.25, 0.3) is 11.8 Å². The first-order valence-corrected chi connectivity index (χ1v) is 10.4. The van der Waals surface area contributed by atoms with Crippen LogP contribution in [0.1, 0.15) is 61.3 Å². The number of hydrogen-bond acceptors (Lipinski definition) is 7. The fourth-order valence-electron chi connectivity index (χ4n) is 2.94. The minimum atomic E-state index is -3.75. The van der Waals surface area contributed by atoms with Gasteiger partial charge in [0.15, 0.2) is 11.3 Å². The van der Waals surface area contributed by atoms with Gasteiger partial charge in [0.1, 0.15) is 10.7 Å². The number of nitrogens with one attached hydrogen (secondary N) is 1. The molecule has 0 aliphatic rings. The first kappa shape index (κ1) is 23.5. The van der Waals surface area contributed by atoms with Crippen molar-refractivity contribution in [1.29, 1.82) is 0 Å². The van der Waals surface area contributed by atoms with E-state index in [1.807, 2.05) is 0 Å². The van der Waals surface area contributed by atoms with Crippen LogP contribution in [0.4, 0.5) is 13.8 Å². The Kier molecular flexibility index (Phi) is 6.20. The number of halogens is 3. The monoisotopic (exact) mass is 485 g/mol. The number of aromatic nitrogens is 3. The predicted molar refractivity (Wildman–Crippen MR) is 114 cm³/mol. The summed E-state index contributed by atoms with van der Waals surface area (Å²) in [6.07, 6.45) is -0.453. The van der Waals surface area contributed by atoms with Gasteiger partial charge in [-0.1, -0.05) is 0 Å². The smallest absolute Gasteiger partial charge is 0.364 e. The number of esters is 1. The highest BCUT2D eigenvalue weighted by atomic mass is 35.5. The predicted octanol–water partition coefficient (Wildman–Crippen LogP) is 3.61. The Balaban J connectivity index is 2.04. The maximum atomic E-state index is 13.8. The standard InChI is InChI=1S/C19H18ClF2N5O4S/c1-7(2)31-18(30)13-9(4)14(15(23)28)32-17(13)25-16(29)10-6-12-24-8(3)5-11(19(20,21)22)27(12)26-10/h5-7H,1-4H3,(H2,23,28)(H,25,29). The molecule has 3 heterocycles. The van der Waals surface area contributed by atoms with Gasteiger partial charge in [-0.05, 0) is 50.9 Å². The van der Waals surface area contributed by atoms with Crippen LogP contribution >= 0.6 is 22.9 Å². The average Bonchev–Trinajstić information content (AvgIpc) is 3.20. The summed E-state index contributed by atoms with van der Waals surface area (Å²) < 4.78 is 33.5. The summed E-state index contributed by atoms with van der Waals surface area (Å²) in [4.78, 5) is 41.2. The molecule has 9 nitrogen and oxygen atoms in total. The van der Waals surface area contributed by atoms with Crippen LogP contribution in [0.2, 0.25) is 0 Å². The van der Waals surface area contributed by atoms with Crippen molar-refractivity contribution < 1.29 is 27.9 Å². The number of fused-ring (bicyclic) bond motifs is 1. The topological polar surface area (TPSA) is 129 Å². The van der Waals surface area contributed by atoms with E-state index in [-0.39, 0.29) is 38.0 Å². The van der Waals surface area contributed by atoms with E-state index in [9.17, 15) is 23.2 Å². The maximum Gasteiger partial charge on any atom is 0.364 e. The summed E-state index contributed by atoms with van der Waals surface area (Å²) in [6.45, 7) is 6.27. The molecule has 3 aromatic rings. The third kappa shape index (κ3) is 4.55. The van der Waals surface area contributed by atoms with Gasteiger partial charge in [0.05, 0.1) is 16.5 Å². The number of hydrogen-bond donors (Lipinski definition) is 2. The maximum absolute atomic E-state index is 13.8.